The summed E-state index contributed by atoms with van der Waals surface area (Å²) >= 11 is 0. The fourth-order valence-corrected chi connectivity index (χ4v) is 4.89. The molecule has 1 aromatic heterocycles. The first-order valence-corrected chi connectivity index (χ1v) is 13.6. The molecule has 0 radical (unpaired) electrons. The number of aryl methyl sites for hydroxylation is 1. The first kappa shape index (κ1) is 28.1. The number of benzene rings is 2. The predicted octanol–water partition coefficient (Wildman–Crippen LogP) is 4.44. The van der Waals surface area contributed by atoms with Crippen molar-refractivity contribution in [2.45, 2.75) is 46.8 Å². The van der Waals surface area contributed by atoms with Crippen LogP contribution in [0.2, 0.25) is 0 Å². The minimum atomic E-state index is -0.724. The van der Waals surface area contributed by atoms with Crippen molar-refractivity contribution in [2.24, 2.45) is 5.92 Å². The molecule has 0 unspecified atom stereocenters. The average Bonchev–Trinajstić information content (AvgIpc) is 3.24. The first-order chi connectivity index (χ1) is 18.4. The van der Waals surface area contributed by atoms with Gasteiger partial charge in [-0.1, -0.05) is 26.8 Å². The van der Waals surface area contributed by atoms with Crippen LogP contribution < -0.4 is 5.32 Å². The summed E-state index contributed by atoms with van der Waals surface area (Å²) in [7, 11) is 0. The van der Waals surface area contributed by atoms with Crippen molar-refractivity contribution >= 4 is 16.9 Å². The Hall–Kier alpha value is -2.88. The van der Waals surface area contributed by atoms with Gasteiger partial charge >= 0.3 is 0 Å². The van der Waals surface area contributed by atoms with Gasteiger partial charge in [-0.2, -0.15) is 0 Å². The van der Waals surface area contributed by atoms with Crippen LogP contribution in [0, 0.1) is 17.6 Å². The third kappa shape index (κ3) is 7.15. The van der Waals surface area contributed by atoms with Crippen molar-refractivity contribution in [3.63, 3.8) is 0 Å². The fraction of sp³-hybridized carbons (Fsp3) is 0.517. The molecular formula is C29H39F2N5O2. The van der Waals surface area contributed by atoms with Gasteiger partial charge in [0.15, 0.2) is 0 Å². The molecule has 0 saturated carbocycles. The van der Waals surface area contributed by atoms with E-state index < -0.39 is 17.5 Å². The number of ether oxygens (including phenoxy) is 1. The number of amides is 1. The third-order valence-electron chi connectivity index (χ3n) is 6.74. The van der Waals surface area contributed by atoms with E-state index in [9.17, 15) is 13.6 Å². The fourth-order valence-electron chi connectivity index (χ4n) is 4.89. The van der Waals surface area contributed by atoms with Gasteiger partial charge in [-0.05, 0) is 48.2 Å². The molecule has 2 aromatic carbocycles. The zero-order valence-corrected chi connectivity index (χ0v) is 22.7. The van der Waals surface area contributed by atoms with Crippen molar-refractivity contribution in [2.75, 3.05) is 45.9 Å². The molecule has 3 aromatic rings. The van der Waals surface area contributed by atoms with Crippen molar-refractivity contribution in [1.82, 2.24) is 24.7 Å². The van der Waals surface area contributed by atoms with E-state index >= 15 is 0 Å². The summed E-state index contributed by atoms with van der Waals surface area (Å²) in [5.41, 5.74) is 2.76. The number of fused-ring (bicyclic) bond motifs is 1. The lowest BCUT2D eigenvalue weighted by Gasteiger charge is -2.26. The van der Waals surface area contributed by atoms with Crippen LogP contribution in [0.1, 0.15) is 48.9 Å². The monoisotopic (exact) mass is 527 g/mol. The van der Waals surface area contributed by atoms with Crippen LogP contribution in [0.25, 0.3) is 11.0 Å². The lowest BCUT2D eigenvalue weighted by molar-refractivity contribution is 0.0384. The van der Waals surface area contributed by atoms with Crippen LogP contribution >= 0.6 is 0 Å². The molecule has 1 aliphatic rings. The maximum absolute atomic E-state index is 14.5. The third-order valence-corrected chi connectivity index (χ3v) is 6.74. The standard InChI is InChI=1S/C29H39F2N5O2/c1-4-10-36-27-8-5-22(18-32-9-11-34-12-14-38-15-13-34)16-26(27)33-28(36)20-35(19-21(2)3)29(37)24-17-23(30)6-7-25(24)31/h5-8,16-17,21,32H,4,9-15,18-20H2,1-3H3. The van der Waals surface area contributed by atoms with E-state index in [0.29, 0.717) is 6.54 Å². The summed E-state index contributed by atoms with van der Waals surface area (Å²) < 4.78 is 35.8. The van der Waals surface area contributed by atoms with Crippen molar-refractivity contribution in [3.8, 4) is 0 Å². The van der Waals surface area contributed by atoms with Gasteiger partial charge in [0.2, 0.25) is 0 Å². The Morgan fingerprint density at radius 3 is 2.66 bits per heavy atom. The molecule has 9 heteroatoms. The molecule has 0 aliphatic carbocycles. The highest BCUT2D eigenvalue weighted by molar-refractivity contribution is 5.94. The van der Waals surface area contributed by atoms with E-state index in [2.05, 4.69) is 39.9 Å². The summed E-state index contributed by atoms with van der Waals surface area (Å²) in [6.07, 6.45) is 0.903. The number of morpholine rings is 1. The summed E-state index contributed by atoms with van der Waals surface area (Å²) in [5.74, 6) is -1.00. The number of aromatic nitrogens is 2. The molecule has 1 amide bonds. The van der Waals surface area contributed by atoms with E-state index in [0.717, 1.165) is 99.5 Å². The molecule has 7 nitrogen and oxygen atoms in total. The zero-order valence-electron chi connectivity index (χ0n) is 22.7. The molecule has 0 spiro atoms. The van der Waals surface area contributed by atoms with Crippen LogP contribution in [0.3, 0.4) is 0 Å². The van der Waals surface area contributed by atoms with E-state index in [4.69, 9.17) is 9.72 Å². The van der Waals surface area contributed by atoms with Gasteiger partial charge in [0.05, 0.1) is 36.4 Å². The Kier molecular flexibility index (Phi) is 9.82. The van der Waals surface area contributed by atoms with E-state index in [1.165, 1.54) is 0 Å². The van der Waals surface area contributed by atoms with Gasteiger partial charge in [0.1, 0.15) is 17.5 Å². The van der Waals surface area contributed by atoms with Gasteiger partial charge in [-0.15, -0.1) is 0 Å². The van der Waals surface area contributed by atoms with E-state index in [-0.39, 0.29) is 18.0 Å². The van der Waals surface area contributed by atoms with Gasteiger partial charge in [0, 0.05) is 45.8 Å². The first-order valence-electron chi connectivity index (χ1n) is 13.6. The summed E-state index contributed by atoms with van der Waals surface area (Å²) in [6.45, 7) is 13.7. The largest absolute Gasteiger partial charge is 0.379 e. The van der Waals surface area contributed by atoms with Crippen LogP contribution in [0.4, 0.5) is 8.78 Å². The second-order valence-corrected chi connectivity index (χ2v) is 10.3. The quantitative estimate of drug-likeness (QED) is 0.353. The van der Waals surface area contributed by atoms with Crippen LogP contribution in [0.5, 0.6) is 0 Å². The Morgan fingerprint density at radius 1 is 1.13 bits per heavy atom. The predicted molar refractivity (Wildman–Crippen MR) is 145 cm³/mol. The summed E-state index contributed by atoms with van der Waals surface area (Å²) in [4.78, 5) is 22.2. The van der Waals surface area contributed by atoms with Gasteiger partial charge in [-0.3, -0.25) is 9.69 Å². The number of carbonyl (C=O) groups is 1. The summed E-state index contributed by atoms with van der Waals surface area (Å²) in [5, 5.41) is 3.52. The summed E-state index contributed by atoms with van der Waals surface area (Å²) in [6, 6.07) is 9.28. The molecule has 0 atom stereocenters. The van der Waals surface area contributed by atoms with E-state index in [1.807, 2.05) is 13.8 Å². The number of nitrogens with one attached hydrogen (secondary N) is 1. The highest BCUT2D eigenvalue weighted by Crippen LogP contribution is 2.22. The molecule has 4 rings (SSSR count). The molecule has 1 saturated heterocycles. The van der Waals surface area contributed by atoms with Crippen LogP contribution in [-0.4, -0.2) is 71.2 Å². The van der Waals surface area contributed by atoms with Crippen molar-refractivity contribution in [3.05, 3.63) is 65.0 Å². The maximum Gasteiger partial charge on any atom is 0.257 e. The van der Waals surface area contributed by atoms with Crippen molar-refractivity contribution < 1.29 is 18.3 Å². The van der Waals surface area contributed by atoms with Crippen LogP contribution in [-0.2, 0) is 24.4 Å². The minimum Gasteiger partial charge on any atom is -0.379 e. The number of imidazole rings is 1. The molecule has 0 bridgehead atoms. The molecule has 206 valence electrons. The van der Waals surface area contributed by atoms with Gasteiger partial charge < -0.3 is 19.5 Å². The molecule has 1 N–H and O–H groups in total. The number of nitrogens with zero attached hydrogens (tertiary/aromatic N) is 4. The Morgan fingerprint density at radius 2 is 1.92 bits per heavy atom. The normalized spacial score (nSPS) is 14.5. The van der Waals surface area contributed by atoms with Crippen molar-refractivity contribution in [1.29, 1.82) is 0 Å². The minimum absolute atomic E-state index is 0.148. The molecule has 1 fully saturated rings. The number of halogens is 2. The zero-order chi connectivity index (χ0) is 27.1. The second kappa shape index (κ2) is 13.3. The van der Waals surface area contributed by atoms with Gasteiger partial charge in [0.25, 0.3) is 5.91 Å². The topological polar surface area (TPSA) is 62.6 Å². The Balaban J connectivity index is 1.51. The number of hydrogen-bond acceptors (Lipinski definition) is 5. The molecule has 38 heavy (non-hydrogen) atoms. The number of carbonyl (C=O) groups excluding carboxylic acids is 1. The SMILES string of the molecule is CCCn1c(CN(CC(C)C)C(=O)c2cc(F)ccc2F)nc2cc(CNCCN3CCOCC3)ccc21. The molecular weight excluding hydrogens is 488 g/mol. The lowest BCUT2D eigenvalue weighted by Crippen LogP contribution is -2.40. The maximum atomic E-state index is 14.5. The highest BCUT2D eigenvalue weighted by Gasteiger charge is 2.24. The number of rotatable bonds is 12. The lowest BCUT2D eigenvalue weighted by atomic mass is 10.1. The Bertz CT molecular complexity index is 1220. The average molecular weight is 528 g/mol. The smallest absolute Gasteiger partial charge is 0.257 e. The molecule has 1 aliphatic heterocycles. The molecule has 2 heterocycles. The highest BCUT2D eigenvalue weighted by atomic mass is 19.1. The van der Waals surface area contributed by atoms with E-state index in [1.54, 1.807) is 4.90 Å². The second-order valence-electron chi connectivity index (χ2n) is 10.3. The number of hydrogen-bond donors (Lipinski definition) is 1. The van der Waals surface area contributed by atoms with Gasteiger partial charge in [-0.25, -0.2) is 13.8 Å². The Labute approximate surface area is 223 Å². The van der Waals surface area contributed by atoms with Crippen LogP contribution in [0.15, 0.2) is 36.4 Å².